The van der Waals surface area contributed by atoms with E-state index in [0.29, 0.717) is 27.5 Å². The first kappa shape index (κ1) is 19.6. The van der Waals surface area contributed by atoms with Gasteiger partial charge in [0.25, 0.3) is 5.56 Å². The number of thioether (sulfide) groups is 2. The minimum atomic E-state index is -0.176. The SMILES string of the molecule is N#CCSc1ccccc1NC(=O)CSc1nc2ccccc2c(=O)n1C1CC1. The lowest BCUT2D eigenvalue weighted by molar-refractivity contribution is -0.113. The van der Waals surface area contributed by atoms with E-state index in [9.17, 15) is 9.59 Å². The van der Waals surface area contributed by atoms with E-state index in [1.807, 2.05) is 42.5 Å². The van der Waals surface area contributed by atoms with Crippen LogP contribution in [0.2, 0.25) is 0 Å². The minimum Gasteiger partial charge on any atom is -0.324 e. The summed E-state index contributed by atoms with van der Waals surface area (Å²) in [6.07, 6.45) is 1.92. The first-order valence-corrected chi connectivity index (χ1v) is 11.2. The highest BCUT2D eigenvalue weighted by Gasteiger charge is 2.28. The Kier molecular flexibility index (Phi) is 5.88. The number of hydrogen-bond donors (Lipinski definition) is 1. The number of amides is 1. The van der Waals surface area contributed by atoms with E-state index in [-0.39, 0.29) is 23.3 Å². The monoisotopic (exact) mass is 422 g/mol. The number of benzene rings is 2. The summed E-state index contributed by atoms with van der Waals surface area (Å²) in [7, 11) is 0. The highest BCUT2D eigenvalue weighted by atomic mass is 32.2. The van der Waals surface area contributed by atoms with Gasteiger partial charge in [-0.2, -0.15) is 5.26 Å². The number of anilines is 1. The lowest BCUT2D eigenvalue weighted by Gasteiger charge is -2.13. The Hall–Kier alpha value is -2.76. The highest BCUT2D eigenvalue weighted by Crippen LogP contribution is 2.37. The number of aromatic nitrogens is 2. The number of nitrogens with one attached hydrogen (secondary N) is 1. The molecule has 29 heavy (non-hydrogen) atoms. The molecule has 1 amide bonds. The van der Waals surface area contributed by atoms with Gasteiger partial charge in [-0.05, 0) is 37.1 Å². The number of nitrogens with zero attached hydrogens (tertiary/aromatic N) is 3. The zero-order chi connectivity index (χ0) is 20.2. The van der Waals surface area contributed by atoms with Crippen molar-refractivity contribution in [3.05, 3.63) is 58.9 Å². The Morgan fingerprint density at radius 2 is 1.93 bits per heavy atom. The van der Waals surface area contributed by atoms with Gasteiger partial charge in [-0.15, -0.1) is 11.8 Å². The highest BCUT2D eigenvalue weighted by molar-refractivity contribution is 8.00. The maximum absolute atomic E-state index is 12.9. The third-order valence-corrected chi connectivity index (χ3v) is 6.37. The molecule has 1 fully saturated rings. The number of nitriles is 1. The molecule has 2 aromatic carbocycles. The second-order valence-electron chi connectivity index (χ2n) is 6.60. The van der Waals surface area contributed by atoms with E-state index in [4.69, 9.17) is 5.26 Å². The van der Waals surface area contributed by atoms with Gasteiger partial charge in [-0.3, -0.25) is 14.2 Å². The Balaban J connectivity index is 1.52. The molecule has 1 saturated carbocycles. The molecule has 146 valence electrons. The predicted octanol–water partition coefficient (Wildman–Crippen LogP) is 4.08. The van der Waals surface area contributed by atoms with Gasteiger partial charge in [-0.1, -0.05) is 36.0 Å². The van der Waals surface area contributed by atoms with Crippen molar-refractivity contribution in [2.45, 2.75) is 28.9 Å². The second-order valence-corrected chi connectivity index (χ2v) is 8.56. The van der Waals surface area contributed by atoms with Crippen LogP contribution in [0.15, 0.2) is 63.4 Å². The van der Waals surface area contributed by atoms with Crippen LogP contribution in [0.25, 0.3) is 10.9 Å². The maximum atomic E-state index is 12.9. The molecule has 0 spiro atoms. The maximum Gasteiger partial charge on any atom is 0.262 e. The van der Waals surface area contributed by atoms with Crippen LogP contribution in [-0.4, -0.2) is 27.0 Å². The van der Waals surface area contributed by atoms with E-state index in [1.54, 1.807) is 10.6 Å². The molecule has 1 aliphatic rings. The van der Waals surface area contributed by atoms with Crippen LogP contribution in [0.4, 0.5) is 5.69 Å². The number of rotatable bonds is 7. The summed E-state index contributed by atoms with van der Waals surface area (Å²) in [6.45, 7) is 0. The van der Waals surface area contributed by atoms with Crippen molar-refractivity contribution in [2.24, 2.45) is 0 Å². The van der Waals surface area contributed by atoms with Crippen LogP contribution in [-0.2, 0) is 4.79 Å². The van der Waals surface area contributed by atoms with Crippen LogP contribution in [0.5, 0.6) is 0 Å². The topological polar surface area (TPSA) is 87.8 Å². The molecule has 1 aliphatic carbocycles. The summed E-state index contributed by atoms with van der Waals surface area (Å²) in [5.74, 6) is 0.287. The number of carbonyl (C=O) groups excluding carboxylic acids is 1. The summed E-state index contributed by atoms with van der Waals surface area (Å²) in [4.78, 5) is 30.9. The molecule has 1 heterocycles. The Labute approximate surface area is 176 Å². The molecular weight excluding hydrogens is 404 g/mol. The molecule has 0 aliphatic heterocycles. The number of carbonyl (C=O) groups is 1. The summed E-state index contributed by atoms with van der Waals surface area (Å²) < 4.78 is 1.73. The fourth-order valence-electron chi connectivity index (χ4n) is 3.00. The van der Waals surface area contributed by atoms with Gasteiger partial charge < -0.3 is 5.32 Å². The van der Waals surface area contributed by atoms with Gasteiger partial charge in [0.1, 0.15) is 0 Å². The largest absolute Gasteiger partial charge is 0.324 e. The molecule has 1 aromatic heterocycles. The predicted molar refractivity (Wildman–Crippen MR) is 116 cm³/mol. The van der Waals surface area contributed by atoms with Crippen LogP contribution in [0.1, 0.15) is 18.9 Å². The summed E-state index contributed by atoms with van der Waals surface area (Å²) in [6, 6.07) is 17.0. The zero-order valence-corrected chi connectivity index (χ0v) is 17.1. The molecule has 8 heteroatoms. The van der Waals surface area contributed by atoms with Gasteiger partial charge in [0.05, 0.1) is 34.2 Å². The molecule has 4 rings (SSSR count). The Bertz CT molecular complexity index is 1170. The van der Waals surface area contributed by atoms with Crippen molar-refractivity contribution in [3.8, 4) is 6.07 Å². The van der Waals surface area contributed by atoms with Crippen molar-refractivity contribution in [2.75, 3.05) is 16.8 Å². The molecule has 0 atom stereocenters. The van der Waals surface area contributed by atoms with E-state index in [2.05, 4.69) is 16.4 Å². The normalized spacial score (nSPS) is 13.2. The van der Waals surface area contributed by atoms with E-state index in [1.165, 1.54) is 23.5 Å². The van der Waals surface area contributed by atoms with Crippen LogP contribution in [0, 0.1) is 11.3 Å². The Morgan fingerprint density at radius 3 is 2.72 bits per heavy atom. The van der Waals surface area contributed by atoms with Crippen LogP contribution in [0.3, 0.4) is 0 Å². The molecule has 0 radical (unpaired) electrons. The minimum absolute atomic E-state index is 0.0424. The van der Waals surface area contributed by atoms with E-state index >= 15 is 0 Å². The fourth-order valence-corrected chi connectivity index (χ4v) is 4.54. The first-order chi connectivity index (χ1) is 14.2. The molecule has 0 bridgehead atoms. The third-order valence-electron chi connectivity index (χ3n) is 4.47. The molecular formula is C21H18N4O2S2. The zero-order valence-electron chi connectivity index (χ0n) is 15.5. The summed E-state index contributed by atoms with van der Waals surface area (Å²) in [5.41, 5.74) is 1.29. The second kappa shape index (κ2) is 8.72. The molecule has 6 nitrogen and oxygen atoms in total. The Morgan fingerprint density at radius 1 is 1.17 bits per heavy atom. The van der Waals surface area contributed by atoms with Crippen molar-refractivity contribution in [1.29, 1.82) is 5.26 Å². The lowest BCUT2D eigenvalue weighted by Crippen LogP contribution is -2.23. The van der Waals surface area contributed by atoms with Crippen molar-refractivity contribution in [3.63, 3.8) is 0 Å². The number of fused-ring (bicyclic) bond motifs is 1. The third kappa shape index (κ3) is 4.47. The lowest BCUT2D eigenvalue weighted by atomic mass is 10.2. The standard InChI is InChI=1S/C21H18N4O2S2/c22-11-12-28-18-8-4-3-7-17(18)23-19(26)13-29-21-24-16-6-2-1-5-15(16)20(27)25(21)14-9-10-14/h1-8,14H,9-10,12-13H2,(H,23,26). The average Bonchev–Trinajstić information content (AvgIpc) is 3.57. The van der Waals surface area contributed by atoms with E-state index in [0.717, 1.165) is 17.7 Å². The van der Waals surface area contributed by atoms with Crippen molar-refractivity contribution < 1.29 is 4.79 Å². The quantitative estimate of drug-likeness (QED) is 0.456. The van der Waals surface area contributed by atoms with E-state index < -0.39 is 0 Å². The number of hydrogen-bond acceptors (Lipinski definition) is 6. The summed E-state index contributed by atoms with van der Waals surface area (Å²) in [5, 5.41) is 12.9. The van der Waals surface area contributed by atoms with Crippen LogP contribution >= 0.6 is 23.5 Å². The number of para-hydroxylation sites is 2. The molecule has 0 saturated heterocycles. The van der Waals surface area contributed by atoms with Crippen molar-refractivity contribution >= 4 is 46.0 Å². The molecule has 0 unspecified atom stereocenters. The van der Waals surface area contributed by atoms with Gasteiger partial charge in [0.15, 0.2) is 5.16 Å². The fraction of sp³-hybridized carbons (Fsp3) is 0.238. The van der Waals surface area contributed by atoms with Crippen LogP contribution < -0.4 is 10.9 Å². The summed E-state index contributed by atoms with van der Waals surface area (Å²) >= 11 is 2.66. The van der Waals surface area contributed by atoms with Gasteiger partial charge >= 0.3 is 0 Å². The smallest absolute Gasteiger partial charge is 0.262 e. The van der Waals surface area contributed by atoms with Gasteiger partial charge in [0, 0.05) is 10.9 Å². The van der Waals surface area contributed by atoms with Gasteiger partial charge in [-0.25, -0.2) is 4.98 Å². The molecule has 3 aromatic rings. The molecule has 1 N–H and O–H groups in total. The van der Waals surface area contributed by atoms with Gasteiger partial charge in [0.2, 0.25) is 5.91 Å². The first-order valence-electron chi connectivity index (χ1n) is 9.20. The van der Waals surface area contributed by atoms with Crippen molar-refractivity contribution in [1.82, 2.24) is 9.55 Å². The average molecular weight is 423 g/mol.